The van der Waals surface area contributed by atoms with E-state index in [2.05, 4.69) is 29.2 Å². The number of aromatic nitrogens is 1. The largest absolute Gasteiger partial charge is 0.361 e. The normalized spacial score (nSPS) is 19.3. The zero-order chi connectivity index (χ0) is 16.6. The second-order valence-electron chi connectivity index (χ2n) is 6.86. The molecule has 1 aromatic carbocycles. The van der Waals surface area contributed by atoms with E-state index in [0.717, 1.165) is 24.2 Å². The molecule has 0 amide bonds. The molecule has 1 aliphatic rings. The van der Waals surface area contributed by atoms with Crippen molar-refractivity contribution >= 4 is 20.9 Å². The van der Waals surface area contributed by atoms with Crippen LogP contribution in [0.5, 0.6) is 0 Å². The first-order valence-corrected chi connectivity index (χ1v) is 9.85. The fourth-order valence-corrected chi connectivity index (χ4v) is 4.46. The molecule has 1 fully saturated rings. The van der Waals surface area contributed by atoms with Crippen LogP contribution in [0.2, 0.25) is 0 Å². The summed E-state index contributed by atoms with van der Waals surface area (Å²) in [6.45, 7) is 4.16. The summed E-state index contributed by atoms with van der Waals surface area (Å²) >= 11 is 0. The van der Waals surface area contributed by atoms with Gasteiger partial charge in [0.25, 0.3) is 0 Å². The maximum Gasteiger partial charge on any atom is 0.209 e. The number of likely N-dealkylation sites (tertiary alicyclic amines) is 1. The fraction of sp³-hybridized carbons (Fsp3) is 0.529. The number of piperidine rings is 1. The van der Waals surface area contributed by atoms with E-state index < -0.39 is 10.0 Å². The molecule has 3 rings (SSSR count). The van der Waals surface area contributed by atoms with Crippen LogP contribution in [-0.4, -0.2) is 44.2 Å². The number of fused-ring (bicyclic) bond motifs is 1. The molecule has 1 unspecified atom stereocenters. The molecule has 2 aromatic rings. The van der Waals surface area contributed by atoms with Crippen molar-refractivity contribution in [1.82, 2.24) is 9.88 Å². The SMILES string of the molecule is CC(CS(N)(=O)=O)c1ccc2[nH]cc(C3CCN(C)CC3)c2c1. The van der Waals surface area contributed by atoms with Gasteiger partial charge in [-0.05, 0) is 68.1 Å². The van der Waals surface area contributed by atoms with E-state index in [-0.39, 0.29) is 11.7 Å². The zero-order valence-electron chi connectivity index (χ0n) is 13.7. The van der Waals surface area contributed by atoms with Crippen molar-refractivity contribution in [2.24, 2.45) is 5.14 Å². The molecule has 6 heteroatoms. The number of nitrogens with two attached hydrogens (primary N) is 1. The number of hydrogen-bond donors (Lipinski definition) is 2. The quantitative estimate of drug-likeness (QED) is 0.900. The van der Waals surface area contributed by atoms with Crippen molar-refractivity contribution in [1.29, 1.82) is 0 Å². The Bertz CT molecular complexity index is 789. The smallest absolute Gasteiger partial charge is 0.209 e. The van der Waals surface area contributed by atoms with Crippen molar-refractivity contribution in [3.05, 3.63) is 35.5 Å². The molecule has 0 radical (unpaired) electrons. The third-order valence-corrected chi connectivity index (χ3v) is 5.91. The van der Waals surface area contributed by atoms with Gasteiger partial charge in [-0.25, -0.2) is 13.6 Å². The minimum atomic E-state index is -3.46. The number of benzene rings is 1. The van der Waals surface area contributed by atoms with Gasteiger partial charge in [0.1, 0.15) is 0 Å². The lowest BCUT2D eigenvalue weighted by molar-refractivity contribution is 0.256. The second-order valence-corrected chi connectivity index (χ2v) is 8.52. The average molecular weight is 335 g/mol. The molecule has 5 nitrogen and oxygen atoms in total. The Balaban J connectivity index is 1.91. The van der Waals surface area contributed by atoms with E-state index in [1.54, 1.807) is 0 Å². The number of primary sulfonamides is 1. The monoisotopic (exact) mass is 335 g/mol. The van der Waals surface area contributed by atoms with Gasteiger partial charge < -0.3 is 9.88 Å². The van der Waals surface area contributed by atoms with Crippen LogP contribution in [-0.2, 0) is 10.0 Å². The lowest BCUT2D eigenvalue weighted by atomic mass is 9.88. The van der Waals surface area contributed by atoms with Crippen LogP contribution < -0.4 is 5.14 Å². The van der Waals surface area contributed by atoms with Gasteiger partial charge in [0.2, 0.25) is 10.0 Å². The highest BCUT2D eigenvalue weighted by Gasteiger charge is 2.22. The lowest BCUT2D eigenvalue weighted by Gasteiger charge is -2.28. The van der Waals surface area contributed by atoms with E-state index in [9.17, 15) is 8.42 Å². The van der Waals surface area contributed by atoms with Crippen molar-refractivity contribution < 1.29 is 8.42 Å². The molecule has 3 N–H and O–H groups in total. The van der Waals surface area contributed by atoms with E-state index in [0.29, 0.717) is 5.92 Å². The maximum atomic E-state index is 11.3. The first kappa shape index (κ1) is 16.5. The summed E-state index contributed by atoms with van der Waals surface area (Å²) in [6, 6.07) is 6.17. The Morgan fingerprint density at radius 1 is 1.35 bits per heavy atom. The van der Waals surface area contributed by atoms with Crippen molar-refractivity contribution in [2.75, 3.05) is 25.9 Å². The maximum absolute atomic E-state index is 11.3. The Morgan fingerprint density at radius 2 is 2.04 bits per heavy atom. The minimum Gasteiger partial charge on any atom is -0.361 e. The molecule has 0 bridgehead atoms. The molecular formula is C17H25N3O2S. The second kappa shape index (κ2) is 6.26. The number of H-pyrrole nitrogens is 1. The van der Waals surface area contributed by atoms with Gasteiger partial charge in [0.15, 0.2) is 0 Å². The van der Waals surface area contributed by atoms with Crippen LogP contribution in [0.15, 0.2) is 24.4 Å². The molecule has 1 atom stereocenters. The highest BCUT2D eigenvalue weighted by molar-refractivity contribution is 7.89. The number of aromatic amines is 1. The van der Waals surface area contributed by atoms with E-state index in [1.165, 1.54) is 23.8 Å². The van der Waals surface area contributed by atoms with Crippen molar-refractivity contribution in [3.8, 4) is 0 Å². The summed E-state index contributed by atoms with van der Waals surface area (Å²) < 4.78 is 22.7. The van der Waals surface area contributed by atoms with Gasteiger partial charge in [-0.2, -0.15) is 0 Å². The summed E-state index contributed by atoms with van der Waals surface area (Å²) in [4.78, 5) is 5.72. The number of nitrogens with one attached hydrogen (secondary N) is 1. The molecule has 0 aliphatic carbocycles. The molecule has 2 heterocycles. The summed E-state index contributed by atoms with van der Waals surface area (Å²) in [6.07, 6.45) is 4.45. The Morgan fingerprint density at radius 3 is 2.70 bits per heavy atom. The average Bonchev–Trinajstić information content (AvgIpc) is 2.89. The van der Waals surface area contributed by atoms with Crippen LogP contribution in [0.4, 0.5) is 0 Å². The number of sulfonamides is 1. The Hall–Kier alpha value is -1.37. The summed E-state index contributed by atoms with van der Waals surface area (Å²) in [5.74, 6) is 0.449. The minimum absolute atomic E-state index is 0.0213. The van der Waals surface area contributed by atoms with Gasteiger partial charge in [0, 0.05) is 17.1 Å². The molecule has 0 spiro atoms. The van der Waals surface area contributed by atoms with Crippen LogP contribution in [0.25, 0.3) is 10.9 Å². The molecule has 1 aromatic heterocycles. The molecule has 1 saturated heterocycles. The van der Waals surface area contributed by atoms with Crippen LogP contribution in [0.3, 0.4) is 0 Å². The van der Waals surface area contributed by atoms with Crippen LogP contribution >= 0.6 is 0 Å². The third-order valence-electron chi connectivity index (χ3n) is 4.95. The van der Waals surface area contributed by atoms with Gasteiger partial charge in [-0.15, -0.1) is 0 Å². The van der Waals surface area contributed by atoms with E-state index in [4.69, 9.17) is 5.14 Å². The van der Waals surface area contributed by atoms with E-state index >= 15 is 0 Å². The summed E-state index contributed by atoms with van der Waals surface area (Å²) in [7, 11) is -1.30. The van der Waals surface area contributed by atoms with Crippen molar-refractivity contribution in [3.63, 3.8) is 0 Å². The van der Waals surface area contributed by atoms with Crippen LogP contribution in [0, 0.1) is 0 Å². The standard InChI is InChI=1S/C17H25N3O2S/c1-12(11-23(18,21)22)14-3-4-17-15(9-14)16(10-19-17)13-5-7-20(2)8-6-13/h3-4,9-10,12-13,19H,5-8,11H2,1-2H3,(H2,18,21,22). The molecule has 1 aliphatic heterocycles. The highest BCUT2D eigenvalue weighted by atomic mass is 32.2. The first-order valence-electron chi connectivity index (χ1n) is 8.13. The highest BCUT2D eigenvalue weighted by Crippen LogP contribution is 2.34. The molecule has 23 heavy (non-hydrogen) atoms. The van der Waals surface area contributed by atoms with Gasteiger partial charge in [-0.1, -0.05) is 13.0 Å². The van der Waals surface area contributed by atoms with Crippen LogP contribution in [0.1, 0.15) is 42.7 Å². The van der Waals surface area contributed by atoms with Gasteiger partial charge in [-0.3, -0.25) is 0 Å². The predicted molar refractivity (Wildman–Crippen MR) is 94.2 cm³/mol. The summed E-state index contributed by atoms with van der Waals surface area (Å²) in [5, 5.41) is 6.41. The first-order chi connectivity index (χ1) is 10.8. The predicted octanol–water partition coefficient (Wildman–Crippen LogP) is 2.37. The molecular weight excluding hydrogens is 310 g/mol. The number of nitrogens with zero attached hydrogens (tertiary/aromatic N) is 1. The Kier molecular flexibility index (Phi) is 4.49. The van der Waals surface area contributed by atoms with E-state index in [1.807, 2.05) is 19.1 Å². The fourth-order valence-electron chi connectivity index (χ4n) is 3.57. The van der Waals surface area contributed by atoms with Crippen molar-refractivity contribution in [2.45, 2.75) is 31.6 Å². The summed E-state index contributed by atoms with van der Waals surface area (Å²) in [5.41, 5.74) is 3.50. The third kappa shape index (κ3) is 3.76. The van der Waals surface area contributed by atoms with Gasteiger partial charge in [0.05, 0.1) is 5.75 Å². The molecule has 0 saturated carbocycles. The number of hydrogen-bond acceptors (Lipinski definition) is 3. The molecule has 126 valence electrons. The topological polar surface area (TPSA) is 79.2 Å². The lowest BCUT2D eigenvalue weighted by Crippen LogP contribution is -2.29. The Labute approximate surface area is 137 Å². The van der Waals surface area contributed by atoms with Gasteiger partial charge >= 0.3 is 0 Å². The number of rotatable bonds is 4. The zero-order valence-corrected chi connectivity index (χ0v) is 14.6.